The lowest BCUT2D eigenvalue weighted by atomic mass is 9.95. The first kappa shape index (κ1) is 46.5. The predicted octanol–water partition coefficient (Wildman–Crippen LogP) is 6.76. The minimum absolute atomic E-state index is 0.0350. The van der Waals surface area contributed by atoms with Gasteiger partial charge in [0.15, 0.2) is 0 Å². The summed E-state index contributed by atoms with van der Waals surface area (Å²) in [5.41, 5.74) is 6.12. The van der Waals surface area contributed by atoms with E-state index in [1.165, 1.54) is 96.3 Å². The summed E-state index contributed by atoms with van der Waals surface area (Å²) in [5, 5.41) is 20.2. The molecule has 0 rings (SSSR count). The van der Waals surface area contributed by atoms with Crippen molar-refractivity contribution >= 4 is 40.0 Å². The Hall–Kier alpha value is -1.45. The van der Waals surface area contributed by atoms with Gasteiger partial charge in [0, 0.05) is 25.1 Å². The number of nitrogens with one attached hydrogen (secondary N) is 1. The van der Waals surface area contributed by atoms with Crippen molar-refractivity contribution in [2.24, 2.45) is 11.7 Å². The Morgan fingerprint density at radius 1 is 0.625 bits per heavy atom. The van der Waals surface area contributed by atoms with Crippen molar-refractivity contribution in [2.45, 2.75) is 154 Å². The van der Waals surface area contributed by atoms with Gasteiger partial charge in [0.25, 0.3) is 0 Å². The summed E-state index contributed by atoms with van der Waals surface area (Å²) in [4.78, 5) is 33.5. The van der Waals surface area contributed by atoms with Crippen LogP contribution in [0.25, 0.3) is 0 Å². The largest absolute Gasteiger partial charge is 0.481 e. The van der Waals surface area contributed by atoms with Crippen LogP contribution in [0.5, 0.6) is 0 Å². The Morgan fingerprint density at radius 3 is 1.46 bits per heavy atom. The zero-order valence-corrected chi connectivity index (χ0v) is 30.9. The highest BCUT2D eigenvalue weighted by molar-refractivity contribution is 7.99. The van der Waals surface area contributed by atoms with Crippen LogP contribution in [0.15, 0.2) is 0 Å². The molecule has 12 nitrogen and oxygen atoms in total. The van der Waals surface area contributed by atoms with Crippen LogP contribution in [0.3, 0.4) is 0 Å². The molecule has 0 aliphatic heterocycles. The molecule has 284 valence electrons. The fourth-order valence-corrected chi connectivity index (χ4v) is 6.98. The van der Waals surface area contributed by atoms with Gasteiger partial charge >= 0.3 is 22.3 Å². The fraction of sp³-hybridized carbons (Fsp3) is 0.912. The SMILES string of the molecule is N[C@@H](CSC[C@H](CCCCCCCCCCCCC(=O)O)CCCCCCCCCCCC(=O)O)C(=O)NCCOCCOS(=O)(=O)O. The molecule has 0 aromatic carbocycles. The number of hydrogen-bond donors (Lipinski definition) is 5. The molecule has 0 aliphatic carbocycles. The van der Waals surface area contributed by atoms with Crippen molar-refractivity contribution in [1.29, 1.82) is 0 Å². The van der Waals surface area contributed by atoms with Crippen molar-refractivity contribution in [3.8, 4) is 0 Å². The third kappa shape index (κ3) is 35.8. The van der Waals surface area contributed by atoms with E-state index in [0.29, 0.717) is 11.7 Å². The molecular formula is C34H66N2O10S2. The van der Waals surface area contributed by atoms with E-state index in [-0.39, 0.29) is 45.1 Å². The van der Waals surface area contributed by atoms with Gasteiger partial charge in [-0.3, -0.25) is 18.9 Å². The van der Waals surface area contributed by atoms with Crippen molar-refractivity contribution in [3.05, 3.63) is 0 Å². The van der Waals surface area contributed by atoms with Gasteiger partial charge in [-0.05, 0) is 37.4 Å². The van der Waals surface area contributed by atoms with E-state index in [2.05, 4.69) is 9.50 Å². The van der Waals surface area contributed by atoms with Gasteiger partial charge in [0.2, 0.25) is 5.91 Å². The zero-order valence-electron chi connectivity index (χ0n) is 29.3. The molecule has 14 heteroatoms. The lowest BCUT2D eigenvalue weighted by Gasteiger charge is -2.18. The van der Waals surface area contributed by atoms with E-state index in [0.717, 1.165) is 44.3 Å². The summed E-state index contributed by atoms with van der Waals surface area (Å²) in [6, 6.07) is -0.625. The average molecular weight is 727 g/mol. The average Bonchev–Trinajstić information content (AvgIpc) is 3.02. The number of carbonyl (C=O) groups excluding carboxylic acids is 1. The van der Waals surface area contributed by atoms with Gasteiger partial charge in [-0.1, -0.05) is 109 Å². The summed E-state index contributed by atoms with van der Waals surface area (Å²) in [7, 11) is -4.48. The minimum Gasteiger partial charge on any atom is -0.481 e. The van der Waals surface area contributed by atoms with Gasteiger partial charge in [-0.15, -0.1) is 0 Å². The summed E-state index contributed by atoms with van der Waals surface area (Å²) in [6.07, 6.45) is 24.6. The summed E-state index contributed by atoms with van der Waals surface area (Å²) in [5.74, 6) is 0.455. The number of carbonyl (C=O) groups is 3. The topological polar surface area (TPSA) is 203 Å². The van der Waals surface area contributed by atoms with E-state index in [1.807, 2.05) is 0 Å². The summed E-state index contributed by atoms with van der Waals surface area (Å²) < 4.78 is 38.8. The molecule has 0 heterocycles. The van der Waals surface area contributed by atoms with Crippen LogP contribution in [0.2, 0.25) is 0 Å². The van der Waals surface area contributed by atoms with Crippen LogP contribution in [-0.2, 0) is 33.7 Å². The molecule has 0 fully saturated rings. The Kier molecular flexibility index (Phi) is 31.7. The molecule has 0 bridgehead atoms. The van der Waals surface area contributed by atoms with E-state index >= 15 is 0 Å². The van der Waals surface area contributed by atoms with Gasteiger partial charge in [0.1, 0.15) is 0 Å². The number of aliphatic carboxylic acids is 2. The molecule has 1 amide bonds. The minimum atomic E-state index is -4.48. The number of carboxylic acid groups (broad SMARTS) is 2. The molecule has 0 aromatic heterocycles. The van der Waals surface area contributed by atoms with Crippen molar-refractivity contribution in [2.75, 3.05) is 37.9 Å². The monoisotopic (exact) mass is 726 g/mol. The van der Waals surface area contributed by atoms with Crippen LogP contribution >= 0.6 is 11.8 Å². The number of thioether (sulfide) groups is 1. The normalized spacial score (nSPS) is 13.0. The quantitative estimate of drug-likeness (QED) is 0.0333. The maximum Gasteiger partial charge on any atom is 0.397 e. The molecule has 0 saturated heterocycles. The van der Waals surface area contributed by atoms with Crippen LogP contribution in [-0.4, -0.2) is 84.9 Å². The maximum absolute atomic E-state index is 12.4. The van der Waals surface area contributed by atoms with E-state index in [4.69, 9.17) is 25.2 Å². The predicted molar refractivity (Wildman–Crippen MR) is 192 cm³/mol. The second-order valence-electron chi connectivity index (χ2n) is 12.7. The summed E-state index contributed by atoms with van der Waals surface area (Å²) >= 11 is 1.73. The second-order valence-corrected chi connectivity index (χ2v) is 14.9. The van der Waals surface area contributed by atoms with Gasteiger partial charge in [0.05, 0.1) is 25.9 Å². The molecule has 2 atom stereocenters. The van der Waals surface area contributed by atoms with E-state index < -0.39 is 28.4 Å². The molecule has 48 heavy (non-hydrogen) atoms. The summed E-state index contributed by atoms with van der Waals surface area (Å²) in [6.45, 7) is 0.0698. The Morgan fingerprint density at radius 2 is 1.04 bits per heavy atom. The van der Waals surface area contributed by atoms with Crippen LogP contribution < -0.4 is 11.1 Å². The number of carboxylic acids is 2. The van der Waals surface area contributed by atoms with Crippen LogP contribution in [0.4, 0.5) is 0 Å². The molecular weight excluding hydrogens is 661 g/mol. The maximum atomic E-state index is 12.4. The number of nitrogens with two attached hydrogens (primary N) is 1. The third-order valence-corrected chi connectivity index (χ3v) is 10.0. The second kappa shape index (κ2) is 32.7. The first-order chi connectivity index (χ1) is 23.0. The Labute approximate surface area is 294 Å². The highest BCUT2D eigenvalue weighted by Crippen LogP contribution is 2.24. The zero-order chi connectivity index (χ0) is 35.7. The molecule has 0 spiro atoms. The van der Waals surface area contributed by atoms with Crippen molar-refractivity contribution < 1.29 is 46.5 Å². The first-order valence-electron chi connectivity index (χ1n) is 18.3. The highest BCUT2D eigenvalue weighted by atomic mass is 32.3. The molecule has 0 saturated carbocycles. The van der Waals surface area contributed by atoms with Crippen molar-refractivity contribution in [3.63, 3.8) is 0 Å². The van der Waals surface area contributed by atoms with Crippen LogP contribution in [0.1, 0.15) is 148 Å². The molecule has 0 aromatic rings. The third-order valence-electron chi connectivity index (χ3n) is 8.25. The van der Waals surface area contributed by atoms with Crippen LogP contribution in [0, 0.1) is 5.92 Å². The molecule has 0 unspecified atom stereocenters. The van der Waals surface area contributed by atoms with Gasteiger partial charge in [-0.2, -0.15) is 20.2 Å². The Bertz CT molecular complexity index is 908. The molecule has 0 radical (unpaired) electrons. The lowest BCUT2D eigenvalue weighted by molar-refractivity contribution is -0.138. The highest BCUT2D eigenvalue weighted by Gasteiger charge is 2.15. The number of hydrogen-bond acceptors (Lipinski definition) is 9. The van der Waals surface area contributed by atoms with E-state index in [1.54, 1.807) is 11.8 Å². The molecule has 0 aliphatic rings. The number of amides is 1. The van der Waals surface area contributed by atoms with Crippen molar-refractivity contribution in [1.82, 2.24) is 5.32 Å². The first-order valence-corrected chi connectivity index (χ1v) is 20.8. The smallest absolute Gasteiger partial charge is 0.397 e. The molecule has 6 N–H and O–H groups in total. The van der Waals surface area contributed by atoms with Gasteiger partial charge < -0.3 is 26.0 Å². The van der Waals surface area contributed by atoms with E-state index in [9.17, 15) is 22.8 Å². The number of ether oxygens (including phenoxy) is 1. The fourth-order valence-electron chi connectivity index (χ4n) is 5.50. The van der Waals surface area contributed by atoms with Gasteiger partial charge in [-0.25, -0.2) is 4.18 Å². The Balaban J connectivity index is 4.23. The standard InChI is InChI=1S/C34H66N2O10S2/c35-31(34(41)36-24-25-45-26-27-46-48(42,43)44)29-47-28-30(21-17-13-9-5-3-7-11-15-19-23-33(39)40)20-16-12-8-4-1-2-6-10-14-18-22-32(37)38/h30-31H,1-29,35H2,(H,36,41)(H,37,38)(H,39,40)(H,42,43,44)/t30-,31+/m1/s1. The number of unbranched alkanes of at least 4 members (excludes halogenated alkanes) is 17. The number of rotatable bonds is 37. The lowest BCUT2D eigenvalue weighted by Crippen LogP contribution is -2.43.